The SMILES string of the molecule is Cc1ccccc1Oc1ccc(C=NNCc2ccccc2)cc1. The first kappa shape index (κ1) is 15.8. The highest BCUT2D eigenvalue weighted by atomic mass is 16.5. The summed E-state index contributed by atoms with van der Waals surface area (Å²) in [6.07, 6.45) is 1.81. The van der Waals surface area contributed by atoms with E-state index in [0.717, 1.165) is 22.6 Å². The Hall–Kier alpha value is -3.07. The van der Waals surface area contributed by atoms with Crippen molar-refractivity contribution >= 4 is 6.21 Å². The van der Waals surface area contributed by atoms with Gasteiger partial charge in [0.1, 0.15) is 11.5 Å². The van der Waals surface area contributed by atoms with E-state index < -0.39 is 0 Å². The summed E-state index contributed by atoms with van der Waals surface area (Å²) in [5.41, 5.74) is 6.40. The van der Waals surface area contributed by atoms with Gasteiger partial charge in [0.15, 0.2) is 0 Å². The molecule has 0 saturated heterocycles. The summed E-state index contributed by atoms with van der Waals surface area (Å²) >= 11 is 0. The zero-order valence-electron chi connectivity index (χ0n) is 13.6. The highest BCUT2D eigenvalue weighted by Crippen LogP contribution is 2.24. The molecule has 0 amide bonds. The van der Waals surface area contributed by atoms with Crippen LogP contribution in [0, 0.1) is 6.92 Å². The first-order chi connectivity index (χ1) is 11.8. The topological polar surface area (TPSA) is 33.6 Å². The van der Waals surface area contributed by atoms with Crippen molar-refractivity contribution in [2.75, 3.05) is 0 Å². The Labute approximate surface area is 142 Å². The first-order valence-corrected chi connectivity index (χ1v) is 7.95. The van der Waals surface area contributed by atoms with Crippen LogP contribution in [-0.2, 0) is 6.54 Å². The Kier molecular flexibility index (Phi) is 5.25. The van der Waals surface area contributed by atoms with Gasteiger partial charge < -0.3 is 10.2 Å². The second kappa shape index (κ2) is 7.97. The highest BCUT2D eigenvalue weighted by Gasteiger charge is 2.00. The molecule has 0 unspecified atom stereocenters. The molecule has 3 aromatic carbocycles. The number of nitrogens with zero attached hydrogens (tertiary/aromatic N) is 1. The lowest BCUT2D eigenvalue weighted by Crippen LogP contribution is -2.05. The Balaban J connectivity index is 1.54. The average molecular weight is 316 g/mol. The third-order valence-corrected chi connectivity index (χ3v) is 3.63. The summed E-state index contributed by atoms with van der Waals surface area (Å²) in [4.78, 5) is 0. The lowest BCUT2D eigenvalue weighted by Gasteiger charge is -2.08. The molecule has 3 heteroatoms. The number of nitrogens with one attached hydrogen (secondary N) is 1. The molecule has 3 nitrogen and oxygen atoms in total. The molecule has 0 fully saturated rings. The van der Waals surface area contributed by atoms with Gasteiger partial charge in [-0.1, -0.05) is 48.5 Å². The van der Waals surface area contributed by atoms with E-state index in [1.807, 2.05) is 73.7 Å². The van der Waals surface area contributed by atoms with Crippen LogP contribution in [0.3, 0.4) is 0 Å². The summed E-state index contributed by atoms with van der Waals surface area (Å²) < 4.78 is 5.89. The number of hydrogen-bond donors (Lipinski definition) is 1. The summed E-state index contributed by atoms with van der Waals surface area (Å²) in [7, 11) is 0. The lowest BCUT2D eigenvalue weighted by molar-refractivity contribution is 0.479. The first-order valence-electron chi connectivity index (χ1n) is 7.95. The van der Waals surface area contributed by atoms with Crippen LogP contribution < -0.4 is 10.2 Å². The normalized spacial score (nSPS) is 10.7. The minimum Gasteiger partial charge on any atom is -0.457 e. The number of ether oxygens (including phenoxy) is 1. The molecule has 3 aromatic rings. The summed E-state index contributed by atoms with van der Waals surface area (Å²) in [6.45, 7) is 2.75. The molecule has 0 radical (unpaired) electrons. The quantitative estimate of drug-likeness (QED) is 0.518. The Morgan fingerprint density at radius 3 is 2.33 bits per heavy atom. The van der Waals surface area contributed by atoms with Crippen LogP contribution in [0.4, 0.5) is 0 Å². The van der Waals surface area contributed by atoms with Crippen molar-refractivity contribution in [1.29, 1.82) is 0 Å². The molecule has 0 heterocycles. The molecule has 0 saturated carbocycles. The molecule has 0 aliphatic heterocycles. The molecule has 1 N–H and O–H groups in total. The van der Waals surface area contributed by atoms with E-state index in [1.54, 1.807) is 6.21 Å². The molecule has 0 aliphatic carbocycles. The molecule has 3 rings (SSSR count). The van der Waals surface area contributed by atoms with Crippen molar-refractivity contribution in [2.45, 2.75) is 13.5 Å². The molecule has 0 aromatic heterocycles. The van der Waals surface area contributed by atoms with Crippen LogP contribution in [0.1, 0.15) is 16.7 Å². The van der Waals surface area contributed by atoms with Crippen LogP contribution in [0.25, 0.3) is 0 Å². The average Bonchev–Trinajstić information content (AvgIpc) is 2.63. The van der Waals surface area contributed by atoms with Gasteiger partial charge in [0.25, 0.3) is 0 Å². The number of para-hydroxylation sites is 1. The summed E-state index contributed by atoms with van der Waals surface area (Å²) in [5, 5.41) is 4.25. The van der Waals surface area contributed by atoms with E-state index in [9.17, 15) is 0 Å². The third kappa shape index (κ3) is 4.46. The van der Waals surface area contributed by atoms with Gasteiger partial charge in [-0.3, -0.25) is 0 Å². The minimum atomic E-state index is 0.714. The second-order valence-corrected chi connectivity index (χ2v) is 5.52. The molecular formula is C21H20N2O. The fourth-order valence-corrected chi connectivity index (χ4v) is 2.27. The monoisotopic (exact) mass is 316 g/mol. The van der Waals surface area contributed by atoms with Gasteiger partial charge >= 0.3 is 0 Å². The van der Waals surface area contributed by atoms with Crippen molar-refractivity contribution in [2.24, 2.45) is 5.10 Å². The maximum atomic E-state index is 5.89. The van der Waals surface area contributed by atoms with Crippen LogP contribution in [0.2, 0.25) is 0 Å². The minimum absolute atomic E-state index is 0.714. The van der Waals surface area contributed by atoms with E-state index >= 15 is 0 Å². The standard InChI is InChI=1S/C21H20N2O/c1-17-7-5-6-10-21(17)24-20-13-11-19(12-14-20)16-23-22-15-18-8-3-2-4-9-18/h2-14,16,22H,15H2,1H3. The Morgan fingerprint density at radius 2 is 1.58 bits per heavy atom. The van der Waals surface area contributed by atoms with E-state index in [-0.39, 0.29) is 0 Å². The lowest BCUT2D eigenvalue weighted by atomic mass is 10.2. The third-order valence-electron chi connectivity index (χ3n) is 3.63. The zero-order chi connectivity index (χ0) is 16.6. The van der Waals surface area contributed by atoms with Gasteiger partial charge in [-0.05, 0) is 53.9 Å². The van der Waals surface area contributed by atoms with E-state index in [1.165, 1.54) is 5.56 Å². The van der Waals surface area contributed by atoms with Gasteiger partial charge in [0, 0.05) is 0 Å². The maximum Gasteiger partial charge on any atom is 0.130 e. The van der Waals surface area contributed by atoms with Crippen LogP contribution in [0.15, 0.2) is 84.0 Å². The van der Waals surface area contributed by atoms with Crippen molar-refractivity contribution in [1.82, 2.24) is 5.43 Å². The van der Waals surface area contributed by atoms with Crippen molar-refractivity contribution < 1.29 is 4.74 Å². The van der Waals surface area contributed by atoms with Crippen LogP contribution in [-0.4, -0.2) is 6.21 Å². The smallest absolute Gasteiger partial charge is 0.130 e. The number of aryl methyl sites for hydroxylation is 1. The number of benzene rings is 3. The predicted octanol–water partition coefficient (Wildman–Crippen LogP) is 4.91. The van der Waals surface area contributed by atoms with Crippen molar-refractivity contribution in [3.63, 3.8) is 0 Å². The van der Waals surface area contributed by atoms with Gasteiger partial charge in [-0.2, -0.15) is 5.10 Å². The van der Waals surface area contributed by atoms with E-state index in [2.05, 4.69) is 22.7 Å². The fourth-order valence-electron chi connectivity index (χ4n) is 2.27. The Morgan fingerprint density at radius 1 is 0.875 bits per heavy atom. The van der Waals surface area contributed by atoms with Gasteiger partial charge in [0.2, 0.25) is 0 Å². The molecule has 0 bridgehead atoms. The summed E-state index contributed by atoms with van der Waals surface area (Å²) in [6, 6.07) is 26.0. The Bertz CT molecular complexity index is 796. The molecule has 24 heavy (non-hydrogen) atoms. The van der Waals surface area contributed by atoms with E-state index in [0.29, 0.717) is 6.54 Å². The number of rotatable bonds is 6. The van der Waals surface area contributed by atoms with Gasteiger partial charge in [-0.15, -0.1) is 0 Å². The summed E-state index contributed by atoms with van der Waals surface area (Å²) in [5.74, 6) is 1.70. The van der Waals surface area contributed by atoms with Crippen molar-refractivity contribution in [3.05, 3.63) is 95.6 Å². The fraction of sp³-hybridized carbons (Fsp3) is 0.0952. The van der Waals surface area contributed by atoms with Crippen molar-refractivity contribution in [3.8, 4) is 11.5 Å². The number of hydrazone groups is 1. The van der Waals surface area contributed by atoms with Gasteiger partial charge in [-0.25, -0.2) is 0 Å². The number of hydrogen-bond acceptors (Lipinski definition) is 3. The predicted molar refractivity (Wildman–Crippen MR) is 98.6 cm³/mol. The molecular weight excluding hydrogens is 296 g/mol. The molecule has 0 aliphatic rings. The van der Waals surface area contributed by atoms with Gasteiger partial charge in [0.05, 0.1) is 12.8 Å². The van der Waals surface area contributed by atoms with Crippen LogP contribution in [0.5, 0.6) is 11.5 Å². The van der Waals surface area contributed by atoms with Crippen LogP contribution >= 0.6 is 0 Å². The largest absolute Gasteiger partial charge is 0.457 e. The highest BCUT2D eigenvalue weighted by molar-refractivity contribution is 5.79. The van der Waals surface area contributed by atoms with E-state index in [4.69, 9.17) is 4.74 Å². The molecule has 120 valence electrons. The second-order valence-electron chi connectivity index (χ2n) is 5.52. The molecule has 0 spiro atoms. The maximum absolute atomic E-state index is 5.89. The molecule has 0 atom stereocenters. The zero-order valence-corrected chi connectivity index (χ0v) is 13.6.